The Balaban J connectivity index is 0. The van der Waals surface area contributed by atoms with Gasteiger partial charge in [0.2, 0.25) is 0 Å². The molecule has 0 aromatic carbocycles. The Bertz CT molecular complexity index is 263. The first-order valence-electron chi connectivity index (χ1n) is 7.00. The molecule has 0 unspecified atom stereocenters. The Hall–Kier alpha value is -0.570. The van der Waals surface area contributed by atoms with E-state index in [1.165, 1.54) is 0 Å². The molecule has 0 fully saturated rings. The fourth-order valence-electron chi connectivity index (χ4n) is 1.38. The van der Waals surface area contributed by atoms with Crippen molar-refractivity contribution in [2.45, 2.75) is 33.6 Å². The van der Waals surface area contributed by atoms with Gasteiger partial charge in [0.1, 0.15) is 0 Å². The second-order valence-corrected chi connectivity index (χ2v) is 3.79. The van der Waals surface area contributed by atoms with Gasteiger partial charge in [-0.15, -0.1) is 24.0 Å². The molecule has 0 rings (SSSR count). The SMILES string of the molecule is CCNC(=NCCCC(=O)OCC)NCCOCC.I. The standard InChI is InChI=1S/C13H27N3O3.HI/c1-4-14-13(16-10-11-18-5-2)15-9-7-8-12(17)19-6-3;/h4-11H2,1-3H3,(H2,14,15,16);1H. The van der Waals surface area contributed by atoms with Crippen molar-refractivity contribution >= 4 is 35.9 Å². The summed E-state index contributed by atoms with van der Waals surface area (Å²) in [6, 6.07) is 0. The lowest BCUT2D eigenvalue weighted by atomic mass is 10.3. The maximum absolute atomic E-state index is 11.1. The van der Waals surface area contributed by atoms with Crippen molar-refractivity contribution in [3.8, 4) is 0 Å². The third kappa shape index (κ3) is 13.9. The molecule has 0 aliphatic rings. The van der Waals surface area contributed by atoms with Crippen LogP contribution in [0.15, 0.2) is 4.99 Å². The number of nitrogens with zero attached hydrogens (tertiary/aromatic N) is 1. The summed E-state index contributed by atoms with van der Waals surface area (Å²) in [7, 11) is 0. The van der Waals surface area contributed by atoms with Crippen LogP contribution in [0.5, 0.6) is 0 Å². The summed E-state index contributed by atoms with van der Waals surface area (Å²) in [5.74, 6) is 0.595. The predicted octanol–water partition coefficient (Wildman–Crippen LogP) is 1.54. The molecule has 0 bridgehead atoms. The fourth-order valence-corrected chi connectivity index (χ4v) is 1.38. The number of carbonyl (C=O) groups is 1. The Morgan fingerprint density at radius 2 is 1.90 bits per heavy atom. The van der Waals surface area contributed by atoms with Gasteiger partial charge in [-0.25, -0.2) is 0 Å². The molecule has 20 heavy (non-hydrogen) atoms. The van der Waals surface area contributed by atoms with Gasteiger partial charge in [-0.05, 0) is 27.2 Å². The summed E-state index contributed by atoms with van der Waals surface area (Å²) >= 11 is 0. The van der Waals surface area contributed by atoms with Gasteiger partial charge in [0, 0.05) is 32.7 Å². The predicted molar refractivity (Wildman–Crippen MR) is 91.8 cm³/mol. The number of ether oxygens (including phenoxy) is 2. The molecule has 0 aliphatic carbocycles. The van der Waals surface area contributed by atoms with E-state index in [0.717, 1.165) is 25.7 Å². The lowest BCUT2D eigenvalue weighted by Gasteiger charge is -2.11. The lowest BCUT2D eigenvalue weighted by molar-refractivity contribution is -0.143. The summed E-state index contributed by atoms with van der Waals surface area (Å²) in [5, 5.41) is 6.31. The molecule has 6 nitrogen and oxygen atoms in total. The Kier molecular flexibility index (Phi) is 17.9. The van der Waals surface area contributed by atoms with Crippen molar-refractivity contribution in [1.82, 2.24) is 10.6 Å². The zero-order valence-corrected chi connectivity index (χ0v) is 15.1. The van der Waals surface area contributed by atoms with E-state index >= 15 is 0 Å². The number of guanidine groups is 1. The molecule has 0 radical (unpaired) electrons. The average molecular weight is 401 g/mol. The first kappa shape index (κ1) is 21.7. The Labute approximate surface area is 139 Å². The molecule has 7 heteroatoms. The molecule has 0 heterocycles. The highest BCUT2D eigenvalue weighted by Crippen LogP contribution is 1.93. The summed E-state index contributed by atoms with van der Waals surface area (Å²) in [5.41, 5.74) is 0. The second-order valence-electron chi connectivity index (χ2n) is 3.79. The molecular formula is C13H28IN3O3. The summed E-state index contributed by atoms with van der Waals surface area (Å²) < 4.78 is 10.1. The molecule has 120 valence electrons. The molecule has 0 aromatic rings. The fraction of sp³-hybridized carbons (Fsp3) is 0.846. The van der Waals surface area contributed by atoms with Gasteiger partial charge < -0.3 is 20.1 Å². The lowest BCUT2D eigenvalue weighted by Crippen LogP contribution is -2.39. The summed E-state index contributed by atoms with van der Waals surface area (Å²) in [6.45, 7) is 9.72. The van der Waals surface area contributed by atoms with Crippen LogP contribution in [-0.4, -0.2) is 51.4 Å². The van der Waals surface area contributed by atoms with Crippen LogP contribution in [0.4, 0.5) is 0 Å². The third-order valence-electron chi connectivity index (χ3n) is 2.20. The summed E-state index contributed by atoms with van der Waals surface area (Å²) in [6.07, 6.45) is 1.11. The molecule has 0 atom stereocenters. The topological polar surface area (TPSA) is 72.0 Å². The van der Waals surface area contributed by atoms with Crippen molar-refractivity contribution in [1.29, 1.82) is 0 Å². The zero-order valence-electron chi connectivity index (χ0n) is 12.7. The number of hydrogen-bond donors (Lipinski definition) is 2. The van der Waals surface area contributed by atoms with E-state index in [2.05, 4.69) is 15.6 Å². The molecular weight excluding hydrogens is 373 g/mol. The van der Waals surface area contributed by atoms with Crippen LogP contribution in [-0.2, 0) is 14.3 Å². The molecule has 0 aliphatic heterocycles. The number of hydrogen-bond acceptors (Lipinski definition) is 4. The highest BCUT2D eigenvalue weighted by molar-refractivity contribution is 14.0. The van der Waals surface area contributed by atoms with Gasteiger partial charge in [0.25, 0.3) is 0 Å². The second kappa shape index (κ2) is 16.5. The number of halogens is 1. The Morgan fingerprint density at radius 1 is 1.15 bits per heavy atom. The minimum Gasteiger partial charge on any atom is -0.466 e. The Morgan fingerprint density at radius 3 is 2.50 bits per heavy atom. The quantitative estimate of drug-likeness (QED) is 0.191. The monoisotopic (exact) mass is 401 g/mol. The van der Waals surface area contributed by atoms with E-state index in [9.17, 15) is 4.79 Å². The minimum atomic E-state index is -0.160. The minimum absolute atomic E-state index is 0. The number of rotatable bonds is 10. The van der Waals surface area contributed by atoms with Crippen LogP contribution in [0, 0.1) is 0 Å². The van der Waals surface area contributed by atoms with Gasteiger partial charge in [-0.2, -0.15) is 0 Å². The average Bonchev–Trinajstić information content (AvgIpc) is 2.39. The van der Waals surface area contributed by atoms with Crippen LogP contribution >= 0.6 is 24.0 Å². The number of esters is 1. The van der Waals surface area contributed by atoms with E-state index in [0.29, 0.717) is 32.6 Å². The zero-order chi connectivity index (χ0) is 14.3. The number of carbonyl (C=O) groups excluding carboxylic acids is 1. The number of nitrogens with one attached hydrogen (secondary N) is 2. The van der Waals surface area contributed by atoms with Gasteiger partial charge in [-0.1, -0.05) is 0 Å². The van der Waals surface area contributed by atoms with Gasteiger partial charge in [0.15, 0.2) is 5.96 Å². The van der Waals surface area contributed by atoms with Crippen molar-refractivity contribution in [2.24, 2.45) is 4.99 Å². The van der Waals surface area contributed by atoms with Crippen molar-refractivity contribution in [2.75, 3.05) is 39.5 Å². The third-order valence-corrected chi connectivity index (χ3v) is 2.20. The van der Waals surface area contributed by atoms with Crippen molar-refractivity contribution in [3.05, 3.63) is 0 Å². The molecule has 0 saturated heterocycles. The number of aliphatic imine (C=N–C) groups is 1. The molecule has 2 N–H and O–H groups in total. The van der Waals surface area contributed by atoms with Gasteiger partial charge in [0.05, 0.1) is 13.2 Å². The van der Waals surface area contributed by atoms with Crippen LogP contribution in [0.25, 0.3) is 0 Å². The first-order valence-corrected chi connectivity index (χ1v) is 7.00. The van der Waals surface area contributed by atoms with E-state index in [4.69, 9.17) is 9.47 Å². The van der Waals surface area contributed by atoms with E-state index < -0.39 is 0 Å². The van der Waals surface area contributed by atoms with Crippen LogP contribution in [0.3, 0.4) is 0 Å². The van der Waals surface area contributed by atoms with Crippen LogP contribution < -0.4 is 10.6 Å². The largest absolute Gasteiger partial charge is 0.466 e. The van der Waals surface area contributed by atoms with Gasteiger partial charge >= 0.3 is 5.97 Å². The van der Waals surface area contributed by atoms with Crippen LogP contribution in [0.2, 0.25) is 0 Å². The van der Waals surface area contributed by atoms with Gasteiger partial charge in [-0.3, -0.25) is 9.79 Å². The van der Waals surface area contributed by atoms with E-state index in [-0.39, 0.29) is 29.9 Å². The van der Waals surface area contributed by atoms with Crippen molar-refractivity contribution < 1.29 is 14.3 Å². The first-order chi connectivity index (χ1) is 9.24. The molecule has 0 amide bonds. The van der Waals surface area contributed by atoms with Crippen molar-refractivity contribution in [3.63, 3.8) is 0 Å². The molecule has 0 saturated carbocycles. The highest BCUT2D eigenvalue weighted by atomic mass is 127. The van der Waals surface area contributed by atoms with Crippen LogP contribution in [0.1, 0.15) is 33.6 Å². The highest BCUT2D eigenvalue weighted by Gasteiger charge is 2.01. The summed E-state index contributed by atoms with van der Waals surface area (Å²) in [4.78, 5) is 15.5. The molecule has 0 spiro atoms. The normalized spacial score (nSPS) is 10.7. The smallest absolute Gasteiger partial charge is 0.305 e. The van der Waals surface area contributed by atoms with E-state index in [1.54, 1.807) is 0 Å². The maximum Gasteiger partial charge on any atom is 0.305 e. The molecule has 0 aromatic heterocycles. The van der Waals surface area contributed by atoms with E-state index in [1.807, 2.05) is 20.8 Å². The maximum atomic E-state index is 11.1.